The van der Waals surface area contributed by atoms with Gasteiger partial charge in [-0.05, 0) is 36.0 Å². The maximum atomic E-state index is 12.6. The van der Waals surface area contributed by atoms with Crippen LogP contribution in [0.3, 0.4) is 0 Å². The first-order valence-corrected chi connectivity index (χ1v) is 7.86. The van der Waals surface area contributed by atoms with Crippen LogP contribution >= 0.6 is 0 Å². The fraction of sp³-hybridized carbons (Fsp3) is 0.588. The molecule has 0 saturated carbocycles. The second-order valence-corrected chi connectivity index (χ2v) is 6.13. The smallest absolute Gasteiger partial charge is 0.227 e. The minimum atomic E-state index is 0.265. The summed E-state index contributed by atoms with van der Waals surface area (Å²) in [6.07, 6.45) is 1.55. The van der Waals surface area contributed by atoms with Crippen LogP contribution < -0.4 is 10.1 Å². The van der Waals surface area contributed by atoms with Gasteiger partial charge in [0.05, 0.1) is 13.5 Å². The molecule has 0 aliphatic carbocycles. The molecule has 0 spiro atoms. The maximum Gasteiger partial charge on any atom is 0.227 e. The summed E-state index contributed by atoms with van der Waals surface area (Å²) in [6, 6.07) is 8.22. The number of nitrogens with zero attached hydrogens (tertiary/aromatic N) is 1. The number of benzene rings is 1. The summed E-state index contributed by atoms with van der Waals surface area (Å²) in [5, 5.41) is 3.46. The first kappa shape index (κ1) is 14.4. The first-order chi connectivity index (χ1) is 10.2. The molecular formula is C17H24N2O2. The molecule has 0 bridgehead atoms. The number of carbonyl (C=O) groups is 1. The molecule has 1 aromatic carbocycles. The molecule has 0 radical (unpaired) electrons. The molecule has 2 aliphatic heterocycles. The van der Waals surface area contributed by atoms with Crippen LogP contribution in [-0.4, -0.2) is 43.6 Å². The molecule has 1 N–H and O–H groups in total. The van der Waals surface area contributed by atoms with E-state index in [1.807, 2.05) is 24.3 Å². The Labute approximate surface area is 126 Å². The lowest BCUT2D eigenvalue weighted by molar-refractivity contribution is -0.131. The van der Waals surface area contributed by atoms with Crippen molar-refractivity contribution in [3.8, 4) is 5.75 Å². The number of ether oxygens (including phenoxy) is 1. The van der Waals surface area contributed by atoms with E-state index in [0.717, 1.165) is 37.4 Å². The lowest BCUT2D eigenvalue weighted by atomic mass is 9.93. The van der Waals surface area contributed by atoms with Crippen LogP contribution in [0.2, 0.25) is 0 Å². The van der Waals surface area contributed by atoms with Crippen molar-refractivity contribution in [1.82, 2.24) is 10.2 Å². The van der Waals surface area contributed by atoms with Crippen molar-refractivity contribution < 1.29 is 9.53 Å². The van der Waals surface area contributed by atoms with Gasteiger partial charge in [0.25, 0.3) is 0 Å². The van der Waals surface area contributed by atoms with Crippen molar-refractivity contribution in [2.75, 3.05) is 26.7 Å². The number of hydrogen-bond donors (Lipinski definition) is 1. The van der Waals surface area contributed by atoms with Gasteiger partial charge in [0, 0.05) is 25.7 Å². The van der Waals surface area contributed by atoms with Gasteiger partial charge in [-0.2, -0.15) is 0 Å². The van der Waals surface area contributed by atoms with Gasteiger partial charge in [0.2, 0.25) is 5.91 Å². The van der Waals surface area contributed by atoms with E-state index in [0.29, 0.717) is 24.3 Å². The topological polar surface area (TPSA) is 41.6 Å². The van der Waals surface area contributed by atoms with Crippen LogP contribution in [-0.2, 0) is 11.2 Å². The minimum Gasteiger partial charge on any atom is -0.497 e. The Balaban J connectivity index is 1.67. The number of methoxy groups -OCH3 is 1. The van der Waals surface area contributed by atoms with E-state index >= 15 is 0 Å². The quantitative estimate of drug-likeness (QED) is 0.917. The molecule has 3 unspecified atom stereocenters. The summed E-state index contributed by atoms with van der Waals surface area (Å²) < 4.78 is 5.16. The van der Waals surface area contributed by atoms with E-state index in [1.54, 1.807) is 7.11 Å². The zero-order valence-electron chi connectivity index (χ0n) is 12.8. The Morgan fingerprint density at radius 2 is 2.10 bits per heavy atom. The van der Waals surface area contributed by atoms with Gasteiger partial charge in [-0.25, -0.2) is 0 Å². The van der Waals surface area contributed by atoms with E-state index in [4.69, 9.17) is 4.74 Å². The zero-order chi connectivity index (χ0) is 14.8. The highest BCUT2D eigenvalue weighted by Gasteiger charge is 2.44. The Hall–Kier alpha value is -1.55. The van der Waals surface area contributed by atoms with Gasteiger partial charge in [0.15, 0.2) is 0 Å². The third-order valence-corrected chi connectivity index (χ3v) is 4.97. The summed E-state index contributed by atoms with van der Waals surface area (Å²) in [6.45, 7) is 5.24. The van der Waals surface area contributed by atoms with Gasteiger partial charge in [0.1, 0.15) is 5.75 Å². The molecule has 3 rings (SSSR count). The molecule has 3 atom stereocenters. The lowest BCUT2D eigenvalue weighted by Gasteiger charge is -2.27. The van der Waals surface area contributed by atoms with Crippen LogP contribution in [0.5, 0.6) is 5.75 Å². The second-order valence-electron chi connectivity index (χ2n) is 6.13. The van der Waals surface area contributed by atoms with Gasteiger partial charge < -0.3 is 15.0 Å². The van der Waals surface area contributed by atoms with Crippen molar-refractivity contribution in [3.63, 3.8) is 0 Å². The molecule has 0 aromatic heterocycles. The van der Waals surface area contributed by atoms with E-state index in [9.17, 15) is 4.79 Å². The molecule has 2 fully saturated rings. The largest absolute Gasteiger partial charge is 0.497 e. The molecule has 2 aliphatic rings. The van der Waals surface area contributed by atoms with Crippen molar-refractivity contribution in [2.24, 2.45) is 11.8 Å². The van der Waals surface area contributed by atoms with Crippen LogP contribution in [0.25, 0.3) is 0 Å². The van der Waals surface area contributed by atoms with E-state index in [-0.39, 0.29) is 5.91 Å². The third-order valence-electron chi connectivity index (χ3n) is 4.97. The fourth-order valence-corrected chi connectivity index (χ4v) is 3.85. The summed E-state index contributed by atoms with van der Waals surface area (Å²) in [5.74, 6) is 2.39. The maximum absolute atomic E-state index is 12.6. The van der Waals surface area contributed by atoms with Gasteiger partial charge in [-0.3, -0.25) is 4.79 Å². The number of rotatable bonds is 4. The zero-order valence-corrected chi connectivity index (χ0v) is 12.8. The van der Waals surface area contributed by atoms with Gasteiger partial charge in [-0.15, -0.1) is 0 Å². The Bertz CT molecular complexity index is 500. The molecule has 2 saturated heterocycles. The Morgan fingerprint density at radius 1 is 1.33 bits per heavy atom. The number of amides is 1. The van der Waals surface area contributed by atoms with Crippen LogP contribution in [0.4, 0.5) is 0 Å². The fourth-order valence-electron chi connectivity index (χ4n) is 3.85. The van der Waals surface area contributed by atoms with Gasteiger partial charge in [-0.1, -0.05) is 19.1 Å². The van der Waals surface area contributed by atoms with E-state index in [2.05, 4.69) is 17.1 Å². The van der Waals surface area contributed by atoms with Gasteiger partial charge >= 0.3 is 0 Å². The number of nitrogens with one attached hydrogen (secondary N) is 1. The Kier molecular flexibility index (Phi) is 4.15. The molecule has 21 heavy (non-hydrogen) atoms. The number of hydrogen-bond acceptors (Lipinski definition) is 3. The molecule has 4 heteroatoms. The average molecular weight is 288 g/mol. The highest BCUT2D eigenvalue weighted by Crippen LogP contribution is 2.34. The number of fused-ring (bicyclic) bond motifs is 1. The molecule has 1 aromatic rings. The minimum absolute atomic E-state index is 0.265. The molecule has 2 heterocycles. The predicted octanol–water partition coefficient (Wildman–Crippen LogP) is 1.69. The normalized spacial score (nSPS) is 27.7. The van der Waals surface area contributed by atoms with Crippen molar-refractivity contribution in [1.29, 1.82) is 0 Å². The first-order valence-electron chi connectivity index (χ1n) is 7.86. The number of carbonyl (C=O) groups excluding carboxylic acids is 1. The summed E-state index contributed by atoms with van der Waals surface area (Å²) in [7, 11) is 1.66. The summed E-state index contributed by atoms with van der Waals surface area (Å²) in [4.78, 5) is 14.8. The molecule has 114 valence electrons. The lowest BCUT2D eigenvalue weighted by Crippen LogP contribution is -2.40. The number of likely N-dealkylation sites (tertiary alicyclic amines) is 1. The molecular weight excluding hydrogens is 264 g/mol. The van der Waals surface area contributed by atoms with E-state index < -0.39 is 0 Å². The van der Waals surface area contributed by atoms with Crippen LogP contribution in [0, 0.1) is 11.8 Å². The summed E-state index contributed by atoms with van der Waals surface area (Å²) >= 11 is 0. The van der Waals surface area contributed by atoms with Crippen LogP contribution in [0.1, 0.15) is 18.9 Å². The average Bonchev–Trinajstić information content (AvgIpc) is 3.08. The van der Waals surface area contributed by atoms with Crippen molar-refractivity contribution in [2.45, 2.75) is 25.8 Å². The van der Waals surface area contributed by atoms with Crippen molar-refractivity contribution >= 4 is 5.91 Å². The second kappa shape index (κ2) is 6.06. The highest BCUT2D eigenvalue weighted by atomic mass is 16.5. The molecule has 4 nitrogen and oxygen atoms in total. The highest BCUT2D eigenvalue weighted by molar-refractivity contribution is 5.79. The van der Waals surface area contributed by atoms with Crippen molar-refractivity contribution in [3.05, 3.63) is 29.8 Å². The van der Waals surface area contributed by atoms with Crippen LogP contribution in [0.15, 0.2) is 24.3 Å². The summed E-state index contributed by atoms with van der Waals surface area (Å²) in [5.41, 5.74) is 1.06. The predicted molar refractivity (Wildman–Crippen MR) is 82.3 cm³/mol. The third kappa shape index (κ3) is 2.77. The SMILES string of the molecule is CCC1C2CNCC2CN1C(=O)Cc1ccc(OC)cc1. The molecule has 1 amide bonds. The van der Waals surface area contributed by atoms with E-state index in [1.165, 1.54) is 0 Å². The monoisotopic (exact) mass is 288 g/mol. The Morgan fingerprint density at radius 3 is 2.76 bits per heavy atom. The standard InChI is InChI=1S/C17H24N2O2/c1-3-16-15-10-18-9-13(15)11-19(16)17(20)8-12-4-6-14(21-2)7-5-12/h4-7,13,15-16,18H,3,8-11H2,1-2H3.